The summed E-state index contributed by atoms with van der Waals surface area (Å²) in [7, 11) is 0. The van der Waals surface area contributed by atoms with Crippen LogP contribution in [-0.4, -0.2) is 11.1 Å². The molecule has 0 aliphatic rings. The van der Waals surface area contributed by atoms with E-state index in [0.717, 1.165) is 11.1 Å². The van der Waals surface area contributed by atoms with Gasteiger partial charge in [-0.25, -0.2) is 4.79 Å². The molecule has 0 aliphatic heterocycles. The van der Waals surface area contributed by atoms with Gasteiger partial charge < -0.3 is 5.11 Å². The first-order valence-corrected chi connectivity index (χ1v) is 4.07. The van der Waals surface area contributed by atoms with E-state index >= 15 is 0 Å². The van der Waals surface area contributed by atoms with Crippen molar-refractivity contribution < 1.29 is 9.90 Å². The SMILES string of the molecule is C=C(C)Cc1ccccc1C(=O)O. The van der Waals surface area contributed by atoms with Crippen LogP contribution in [0.3, 0.4) is 0 Å². The van der Waals surface area contributed by atoms with Gasteiger partial charge in [-0.3, -0.25) is 0 Å². The lowest BCUT2D eigenvalue weighted by Gasteiger charge is -2.04. The van der Waals surface area contributed by atoms with Crippen LogP contribution in [0.25, 0.3) is 0 Å². The second kappa shape index (κ2) is 3.90. The molecule has 0 aromatic heterocycles. The molecule has 0 radical (unpaired) electrons. The zero-order valence-corrected chi connectivity index (χ0v) is 7.58. The van der Waals surface area contributed by atoms with Gasteiger partial charge in [0.2, 0.25) is 0 Å². The van der Waals surface area contributed by atoms with E-state index in [2.05, 4.69) is 6.58 Å². The number of allylic oxidation sites excluding steroid dienone is 1. The normalized spacial score (nSPS) is 9.62. The number of benzene rings is 1. The Kier molecular flexibility index (Phi) is 2.85. The highest BCUT2D eigenvalue weighted by molar-refractivity contribution is 5.89. The fourth-order valence-corrected chi connectivity index (χ4v) is 1.21. The van der Waals surface area contributed by atoms with Gasteiger partial charge >= 0.3 is 5.97 Å². The van der Waals surface area contributed by atoms with Crippen molar-refractivity contribution in [2.24, 2.45) is 0 Å². The molecule has 1 aromatic carbocycles. The molecule has 2 nitrogen and oxygen atoms in total. The summed E-state index contributed by atoms with van der Waals surface area (Å²) in [5, 5.41) is 8.85. The fraction of sp³-hybridized carbons (Fsp3) is 0.182. The van der Waals surface area contributed by atoms with E-state index in [9.17, 15) is 4.79 Å². The van der Waals surface area contributed by atoms with Crippen LogP contribution in [0.1, 0.15) is 22.8 Å². The van der Waals surface area contributed by atoms with E-state index < -0.39 is 5.97 Å². The van der Waals surface area contributed by atoms with Gasteiger partial charge in [0.05, 0.1) is 5.56 Å². The molecule has 2 heteroatoms. The number of rotatable bonds is 3. The molecule has 0 bridgehead atoms. The maximum Gasteiger partial charge on any atom is 0.335 e. The third kappa shape index (κ3) is 2.44. The Morgan fingerprint density at radius 3 is 2.62 bits per heavy atom. The van der Waals surface area contributed by atoms with Crippen LogP contribution in [0.2, 0.25) is 0 Å². The average Bonchev–Trinajstić information content (AvgIpc) is 2.03. The van der Waals surface area contributed by atoms with Crippen LogP contribution in [0.5, 0.6) is 0 Å². The van der Waals surface area contributed by atoms with Gasteiger partial charge in [0.25, 0.3) is 0 Å². The molecule has 0 saturated heterocycles. The standard InChI is InChI=1S/C11H12O2/c1-8(2)7-9-5-3-4-6-10(9)11(12)13/h3-6H,1,7H2,2H3,(H,12,13). The van der Waals surface area contributed by atoms with Gasteiger partial charge in [0.15, 0.2) is 0 Å². The van der Waals surface area contributed by atoms with Crippen molar-refractivity contribution in [3.63, 3.8) is 0 Å². The van der Waals surface area contributed by atoms with Crippen LogP contribution in [-0.2, 0) is 6.42 Å². The first kappa shape index (κ1) is 9.52. The average molecular weight is 176 g/mol. The third-order valence-corrected chi connectivity index (χ3v) is 1.74. The van der Waals surface area contributed by atoms with Crippen molar-refractivity contribution in [1.29, 1.82) is 0 Å². The van der Waals surface area contributed by atoms with E-state index in [1.807, 2.05) is 19.1 Å². The number of carboxylic acids is 1. The van der Waals surface area contributed by atoms with Gasteiger partial charge in [-0.05, 0) is 25.0 Å². The molecule has 0 fully saturated rings. The highest BCUT2D eigenvalue weighted by atomic mass is 16.4. The minimum atomic E-state index is -0.878. The second-order valence-electron chi connectivity index (χ2n) is 3.10. The van der Waals surface area contributed by atoms with E-state index in [-0.39, 0.29) is 0 Å². The molecule has 1 N–H and O–H groups in total. The van der Waals surface area contributed by atoms with Crippen molar-refractivity contribution in [3.8, 4) is 0 Å². The lowest BCUT2D eigenvalue weighted by atomic mass is 10.0. The summed E-state index contributed by atoms with van der Waals surface area (Å²) in [4.78, 5) is 10.8. The van der Waals surface area contributed by atoms with Gasteiger partial charge in [-0.2, -0.15) is 0 Å². The summed E-state index contributed by atoms with van der Waals surface area (Å²) in [5.74, 6) is -0.878. The largest absolute Gasteiger partial charge is 0.478 e. The van der Waals surface area contributed by atoms with Crippen LogP contribution in [0, 0.1) is 0 Å². The monoisotopic (exact) mass is 176 g/mol. The second-order valence-corrected chi connectivity index (χ2v) is 3.10. The van der Waals surface area contributed by atoms with Crippen molar-refractivity contribution in [1.82, 2.24) is 0 Å². The predicted molar refractivity (Wildman–Crippen MR) is 51.9 cm³/mol. The molecule has 0 saturated carbocycles. The van der Waals surface area contributed by atoms with Gasteiger partial charge in [-0.15, -0.1) is 0 Å². The summed E-state index contributed by atoms with van der Waals surface area (Å²) in [6.45, 7) is 5.65. The van der Waals surface area contributed by atoms with Gasteiger partial charge in [0.1, 0.15) is 0 Å². The fourth-order valence-electron chi connectivity index (χ4n) is 1.21. The Bertz CT molecular complexity index is 340. The zero-order valence-electron chi connectivity index (χ0n) is 7.58. The molecule has 1 aromatic rings. The van der Waals surface area contributed by atoms with Gasteiger partial charge in [0, 0.05) is 0 Å². The Balaban J connectivity index is 3.04. The summed E-state index contributed by atoms with van der Waals surface area (Å²) < 4.78 is 0. The zero-order chi connectivity index (χ0) is 9.84. The first-order valence-electron chi connectivity index (χ1n) is 4.07. The van der Waals surface area contributed by atoms with Crippen LogP contribution in [0.4, 0.5) is 0 Å². The molecule has 68 valence electrons. The van der Waals surface area contributed by atoms with E-state index in [1.54, 1.807) is 12.1 Å². The number of hydrogen-bond donors (Lipinski definition) is 1. The quantitative estimate of drug-likeness (QED) is 0.718. The molecule has 13 heavy (non-hydrogen) atoms. The minimum Gasteiger partial charge on any atom is -0.478 e. The Morgan fingerprint density at radius 2 is 2.08 bits per heavy atom. The first-order chi connectivity index (χ1) is 6.11. The number of aromatic carboxylic acids is 1. The van der Waals surface area contributed by atoms with E-state index in [1.165, 1.54) is 0 Å². The van der Waals surface area contributed by atoms with Crippen LogP contribution < -0.4 is 0 Å². The summed E-state index contributed by atoms with van der Waals surface area (Å²) in [5.41, 5.74) is 2.15. The van der Waals surface area contributed by atoms with Crippen molar-refractivity contribution in [2.45, 2.75) is 13.3 Å². The highest BCUT2D eigenvalue weighted by Gasteiger charge is 2.07. The van der Waals surface area contributed by atoms with Crippen molar-refractivity contribution in [3.05, 3.63) is 47.5 Å². The molecule has 0 spiro atoms. The smallest absolute Gasteiger partial charge is 0.335 e. The molecule has 1 rings (SSSR count). The maximum absolute atomic E-state index is 10.8. The Morgan fingerprint density at radius 1 is 1.46 bits per heavy atom. The lowest BCUT2D eigenvalue weighted by Crippen LogP contribution is -2.02. The van der Waals surface area contributed by atoms with Gasteiger partial charge in [-0.1, -0.05) is 30.4 Å². The Labute approximate surface area is 77.5 Å². The highest BCUT2D eigenvalue weighted by Crippen LogP contribution is 2.12. The maximum atomic E-state index is 10.8. The van der Waals surface area contributed by atoms with Crippen LogP contribution >= 0.6 is 0 Å². The molecular formula is C11H12O2. The number of hydrogen-bond acceptors (Lipinski definition) is 1. The lowest BCUT2D eigenvalue weighted by molar-refractivity contribution is 0.0696. The molecule has 0 unspecified atom stereocenters. The molecule has 0 heterocycles. The summed E-state index contributed by atoms with van der Waals surface area (Å²) in [6, 6.07) is 6.99. The van der Waals surface area contributed by atoms with E-state index in [0.29, 0.717) is 12.0 Å². The topological polar surface area (TPSA) is 37.3 Å². The molecule has 0 atom stereocenters. The van der Waals surface area contributed by atoms with Crippen LogP contribution in [0.15, 0.2) is 36.4 Å². The number of carbonyl (C=O) groups is 1. The molecule has 0 amide bonds. The summed E-state index contributed by atoms with van der Waals surface area (Å²) >= 11 is 0. The summed E-state index contributed by atoms with van der Waals surface area (Å²) in [6.07, 6.45) is 0.627. The Hall–Kier alpha value is -1.57. The molecule has 0 aliphatic carbocycles. The molecular weight excluding hydrogens is 164 g/mol. The van der Waals surface area contributed by atoms with Crippen molar-refractivity contribution >= 4 is 5.97 Å². The third-order valence-electron chi connectivity index (χ3n) is 1.74. The van der Waals surface area contributed by atoms with Crippen molar-refractivity contribution in [2.75, 3.05) is 0 Å². The van der Waals surface area contributed by atoms with E-state index in [4.69, 9.17) is 5.11 Å². The predicted octanol–water partition coefficient (Wildman–Crippen LogP) is 2.50. The minimum absolute atomic E-state index is 0.366. The number of carboxylic acid groups (broad SMARTS) is 1.